The number of halogens is 2. The first kappa shape index (κ1) is 47.0. The molecule has 2 heterocycles. The van der Waals surface area contributed by atoms with Crippen molar-refractivity contribution < 1.29 is 27.7 Å². The maximum Gasteiger partial charge on any atom is 0.223 e. The molecule has 0 N–H and O–H groups in total. The van der Waals surface area contributed by atoms with Crippen molar-refractivity contribution in [1.82, 2.24) is 0 Å². The van der Waals surface area contributed by atoms with Gasteiger partial charge in [-0.05, 0) is 76.9 Å². The molecule has 2 saturated heterocycles. The van der Waals surface area contributed by atoms with Gasteiger partial charge in [-0.1, -0.05) is 201 Å². The zero-order valence-corrected chi connectivity index (χ0v) is 39.2. The lowest BCUT2D eigenvalue weighted by Gasteiger charge is -2.39. The quantitative estimate of drug-likeness (QED) is 0.176. The molecule has 5 nitrogen and oxygen atoms in total. The van der Waals surface area contributed by atoms with Crippen LogP contribution >= 0.6 is 0 Å². The lowest BCUT2D eigenvalue weighted by molar-refractivity contribution is -0.254. The number of hydrogen-bond donors (Lipinski definition) is 0. The van der Waals surface area contributed by atoms with E-state index in [0.29, 0.717) is 32.0 Å². The summed E-state index contributed by atoms with van der Waals surface area (Å²) in [5.41, 5.74) is 14.6. The second-order valence-corrected chi connectivity index (χ2v) is 17.8. The standard InChI is InChI=1S/2C22H18O2.C10H14.C8H5F2N/c2*1-2-8-16(9-3-1)17-14-23-22(24-15-17)20-12-6-4-10-18(20)19-11-5-7-13-21(19)22;1-3-4-10-7-5-9(2)6-8-10;1-5-2-7(9)6(4-11)8(10)3-5/h2*1-13,17H,14-15H2;5-8H,3-4H2,1-2H3;2-3H,1H3. The van der Waals surface area contributed by atoms with Gasteiger partial charge in [0.2, 0.25) is 11.6 Å². The summed E-state index contributed by atoms with van der Waals surface area (Å²) in [7, 11) is 0. The SMILES string of the molecule is CCCc1ccc(C)cc1.Cc1cc(F)c(C#N)c(F)c1.c1ccc(C2COC3(OC2)c2ccccc2-c2ccccc23)cc1.c1ccc(C2COC3(OC2)c2ccccc2-c2ccccc23)cc1. The number of aryl methyl sites for hydroxylation is 3. The minimum Gasteiger partial charge on any atom is -0.341 e. The third-order valence-corrected chi connectivity index (χ3v) is 13.2. The maximum absolute atomic E-state index is 12.6. The number of ether oxygens (including phenoxy) is 4. The number of hydrogen-bond acceptors (Lipinski definition) is 5. The van der Waals surface area contributed by atoms with Crippen LogP contribution in [0.1, 0.15) is 80.8 Å². The van der Waals surface area contributed by atoms with Gasteiger partial charge in [0.25, 0.3) is 0 Å². The number of nitrogens with zero attached hydrogens (tertiary/aromatic N) is 1. The van der Waals surface area contributed by atoms with E-state index in [4.69, 9.17) is 24.2 Å². The number of nitriles is 1. The van der Waals surface area contributed by atoms with E-state index in [1.807, 2.05) is 12.1 Å². The monoisotopic (exact) mass is 915 g/mol. The molecule has 2 aliphatic carbocycles. The summed E-state index contributed by atoms with van der Waals surface area (Å²) in [5, 5.41) is 8.26. The average Bonchev–Trinajstić information content (AvgIpc) is 3.82. The largest absolute Gasteiger partial charge is 0.341 e. The molecule has 69 heavy (non-hydrogen) atoms. The first-order valence-corrected chi connectivity index (χ1v) is 23.7. The highest BCUT2D eigenvalue weighted by Gasteiger charge is 2.49. The lowest BCUT2D eigenvalue weighted by atomic mass is 9.97. The lowest BCUT2D eigenvalue weighted by Crippen LogP contribution is -2.40. The van der Waals surface area contributed by atoms with Gasteiger partial charge in [0.05, 0.1) is 26.4 Å². The number of rotatable bonds is 4. The highest BCUT2D eigenvalue weighted by Crippen LogP contribution is 2.54. The summed E-state index contributed by atoms with van der Waals surface area (Å²) < 4.78 is 51.0. The molecule has 12 rings (SSSR count). The van der Waals surface area contributed by atoms with Gasteiger partial charge in [-0.15, -0.1) is 0 Å². The Balaban J connectivity index is 0.000000123. The predicted molar refractivity (Wildman–Crippen MR) is 268 cm³/mol. The molecule has 0 aromatic heterocycles. The molecule has 0 bridgehead atoms. The van der Waals surface area contributed by atoms with E-state index in [1.165, 1.54) is 63.4 Å². The van der Waals surface area contributed by atoms with Crippen molar-refractivity contribution in [1.29, 1.82) is 5.26 Å². The molecule has 8 aromatic carbocycles. The van der Waals surface area contributed by atoms with Crippen LogP contribution in [0.2, 0.25) is 0 Å². The topological polar surface area (TPSA) is 60.7 Å². The summed E-state index contributed by atoms with van der Waals surface area (Å²) in [6.45, 7) is 8.53. The average molecular weight is 916 g/mol. The molecule has 0 unspecified atom stereocenters. The Bertz CT molecular complexity index is 2770. The van der Waals surface area contributed by atoms with Crippen LogP contribution in [-0.4, -0.2) is 26.4 Å². The molecule has 8 aromatic rings. The van der Waals surface area contributed by atoms with Crippen LogP contribution in [0.4, 0.5) is 8.78 Å². The Labute approximate surface area is 404 Å². The van der Waals surface area contributed by atoms with Crippen LogP contribution in [0, 0.1) is 36.8 Å². The van der Waals surface area contributed by atoms with Crippen LogP contribution in [0.15, 0.2) is 194 Å². The zero-order valence-electron chi connectivity index (χ0n) is 39.2. The van der Waals surface area contributed by atoms with Crippen LogP contribution in [-0.2, 0) is 36.9 Å². The third-order valence-electron chi connectivity index (χ3n) is 13.2. The Kier molecular flexibility index (Phi) is 14.4. The fraction of sp³-hybridized carbons (Fsp3) is 0.210. The summed E-state index contributed by atoms with van der Waals surface area (Å²) in [5.74, 6) is -2.56. The first-order chi connectivity index (χ1) is 33.7. The van der Waals surface area contributed by atoms with E-state index in [-0.39, 0.29) is 11.8 Å². The van der Waals surface area contributed by atoms with Crippen LogP contribution in [0.5, 0.6) is 0 Å². The summed E-state index contributed by atoms with van der Waals surface area (Å²) in [4.78, 5) is 0. The summed E-state index contributed by atoms with van der Waals surface area (Å²) in [6.07, 6.45) is 2.45. The number of fused-ring (bicyclic) bond motifs is 10. The minimum atomic E-state index is -0.801. The van der Waals surface area contributed by atoms with E-state index < -0.39 is 28.8 Å². The van der Waals surface area contributed by atoms with Crippen LogP contribution < -0.4 is 0 Å². The van der Waals surface area contributed by atoms with Crippen molar-refractivity contribution >= 4 is 0 Å². The van der Waals surface area contributed by atoms with E-state index in [1.54, 1.807) is 6.92 Å². The second-order valence-electron chi connectivity index (χ2n) is 17.8. The van der Waals surface area contributed by atoms with Crippen LogP contribution in [0.25, 0.3) is 22.3 Å². The Hall–Kier alpha value is -7.05. The molecule has 0 saturated carbocycles. The van der Waals surface area contributed by atoms with Crippen molar-refractivity contribution in [2.24, 2.45) is 0 Å². The molecule has 0 radical (unpaired) electrons. The molecular weight excluding hydrogens is 861 g/mol. The van der Waals surface area contributed by atoms with Gasteiger partial charge in [-0.3, -0.25) is 0 Å². The van der Waals surface area contributed by atoms with Crippen molar-refractivity contribution in [2.45, 2.75) is 57.0 Å². The molecule has 2 spiro atoms. The molecule has 346 valence electrons. The molecule has 7 heteroatoms. The molecule has 2 fully saturated rings. The maximum atomic E-state index is 12.6. The molecule has 0 atom stereocenters. The minimum absolute atomic E-state index is 0.275. The van der Waals surface area contributed by atoms with Gasteiger partial charge < -0.3 is 18.9 Å². The number of benzene rings is 8. The molecule has 2 aliphatic heterocycles. The Morgan fingerprint density at radius 3 is 1.13 bits per heavy atom. The van der Waals surface area contributed by atoms with Gasteiger partial charge in [0.15, 0.2) is 0 Å². The zero-order chi connectivity index (χ0) is 47.8. The van der Waals surface area contributed by atoms with E-state index in [9.17, 15) is 8.78 Å². The van der Waals surface area contributed by atoms with Gasteiger partial charge in [0, 0.05) is 34.1 Å². The normalized spacial score (nSPS) is 16.4. The molecule has 0 amide bonds. The van der Waals surface area contributed by atoms with Crippen molar-refractivity contribution in [3.05, 3.63) is 261 Å². The molecule has 4 aliphatic rings. The smallest absolute Gasteiger partial charge is 0.223 e. The molecular formula is C62H55F2NO4. The summed E-state index contributed by atoms with van der Waals surface area (Å²) in [6, 6.07) is 67.0. The van der Waals surface area contributed by atoms with Gasteiger partial charge in [-0.2, -0.15) is 5.26 Å². The van der Waals surface area contributed by atoms with E-state index in [2.05, 4.69) is 184 Å². The fourth-order valence-corrected chi connectivity index (χ4v) is 9.67. The van der Waals surface area contributed by atoms with Crippen molar-refractivity contribution in [3.8, 4) is 28.3 Å². The highest BCUT2D eigenvalue weighted by molar-refractivity contribution is 5.80. The van der Waals surface area contributed by atoms with Crippen molar-refractivity contribution in [2.75, 3.05) is 26.4 Å². The van der Waals surface area contributed by atoms with Crippen LogP contribution in [0.3, 0.4) is 0 Å². The van der Waals surface area contributed by atoms with Gasteiger partial charge >= 0.3 is 0 Å². The Morgan fingerprint density at radius 1 is 0.464 bits per heavy atom. The highest BCUT2D eigenvalue weighted by atomic mass is 19.1. The van der Waals surface area contributed by atoms with E-state index >= 15 is 0 Å². The third kappa shape index (κ3) is 9.68. The van der Waals surface area contributed by atoms with Crippen molar-refractivity contribution in [3.63, 3.8) is 0 Å². The fourth-order valence-electron chi connectivity index (χ4n) is 9.67. The Morgan fingerprint density at radius 2 is 0.797 bits per heavy atom. The predicted octanol–water partition coefficient (Wildman–Crippen LogP) is 14.5. The van der Waals surface area contributed by atoms with Gasteiger partial charge in [-0.25, -0.2) is 8.78 Å². The van der Waals surface area contributed by atoms with E-state index in [0.717, 1.165) is 34.4 Å². The first-order valence-electron chi connectivity index (χ1n) is 23.7. The van der Waals surface area contributed by atoms with Gasteiger partial charge in [0.1, 0.15) is 23.3 Å². The summed E-state index contributed by atoms with van der Waals surface area (Å²) >= 11 is 0. The second kappa shape index (κ2) is 21.1.